The summed E-state index contributed by atoms with van der Waals surface area (Å²) in [5.74, 6) is 0.668. The average Bonchev–Trinajstić information content (AvgIpc) is 2.52. The van der Waals surface area contributed by atoms with Crippen molar-refractivity contribution in [3.8, 4) is 5.75 Å². The van der Waals surface area contributed by atoms with Gasteiger partial charge < -0.3 is 10.1 Å². The van der Waals surface area contributed by atoms with E-state index in [-0.39, 0.29) is 5.91 Å². The van der Waals surface area contributed by atoms with Gasteiger partial charge in [-0.25, -0.2) is 0 Å². The zero-order valence-electron chi connectivity index (χ0n) is 12.6. The van der Waals surface area contributed by atoms with Crippen molar-refractivity contribution in [2.45, 2.75) is 19.8 Å². The van der Waals surface area contributed by atoms with Gasteiger partial charge in [-0.05, 0) is 31.0 Å². The number of halogens is 1. The standard InChI is InChI=1S/C18H20ClNO2/c1-14-6-8-15(9-7-14)10-11-18(21)20-12-13-22-17-5-3-2-4-16(17)19/h2-9H,10-13H2,1H3,(H,20,21). The van der Waals surface area contributed by atoms with Crippen LogP contribution in [0.25, 0.3) is 0 Å². The molecule has 0 unspecified atom stereocenters. The number of benzene rings is 2. The Labute approximate surface area is 136 Å². The second kappa shape index (κ2) is 8.44. The predicted molar refractivity (Wildman–Crippen MR) is 89.5 cm³/mol. The minimum Gasteiger partial charge on any atom is -0.490 e. The molecule has 0 radical (unpaired) electrons. The zero-order valence-corrected chi connectivity index (χ0v) is 13.4. The molecule has 0 bridgehead atoms. The summed E-state index contributed by atoms with van der Waals surface area (Å²) in [6.07, 6.45) is 1.23. The van der Waals surface area contributed by atoms with E-state index in [4.69, 9.17) is 16.3 Å². The Morgan fingerprint density at radius 3 is 2.59 bits per heavy atom. The van der Waals surface area contributed by atoms with Crippen LogP contribution >= 0.6 is 11.6 Å². The Morgan fingerprint density at radius 1 is 1.14 bits per heavy atom. The van der Waals surface area contributed by atoms with Crippen LogP contribution in [0.5, 0.6) is 5.75 Å². The summed E-state index contributed by atoms with van der Waals surface area (Å²) in [6, 6.07) is 15.5. The van der Waals surface area contributed by atoms with Crippen LogP contribution in [0.15, 0.2) is 48.5 Å². The van der Waals surface area contributed by atoms with Gasteiger partial charge in [0.05, 0.1) is 11.6 Å². The van der Waals surface area contributed by atoms with E-state index in [0.717, 1.165) is 6.42 Å². The van der Waals surface area contributed by atoms with Crippen molar-refractivity contribution >= 4 is 17.5 Å². The lowest BCUT2D eigenvalue weighted by Gasteiger charge is -2.09. The molecule has 0 saturated heterocycles. The Balaban J connectivity index is 1.64. The number of hydrogen-bond acceptors (Lipinski definition) is 2. The maximum atomic E-state index is 11.8. The summed E-state index contributed by atoms with van der Waals surface area (Å²) in [7, 11) is 0. The van der Waals surface area contributed by atoms with Gasteiger partial charge in [-0.2, -0.15) is 0 Å². The molecule has 0 aromatic heterocycles. The molecule has 1 amide bonds. The topological polar surface area (TPSA) is 38.3 Å². The van der Waals surface area contributed by atoms with Gasteiger partial charge in [-0.3, -0.25) is 4.79 Å². The summed E-state index contributed by atoms with van der Waals surface area (Å²) in [4.78, 5) is 11.8. The van der Waals surface area contributed by atoms with Crippen molar-refractivity contribution in [2.24, 2.45) is 0 Å². The highest BCUT2D eigenvalue weighted by Gasteiger charge is 2.03. The minimum atomic E-state index is 0.0309. The Morgan fingerprint density at radius 2 is 1.86 bits per heavy atom. The molecule has 0 saturated carbocycles. The van der Waals surface area contributed by atoms with E-state index in [0.29, 0.717) is 30.3 Å². The van der Waals surface area contributed by atoms with E-state index in [2.05, 4.69) is 36.5 Å². The van der Waals surface area contributed by atoms with Gasteiger partial charge >= 0.3 is 0 Å². The molecule has 4 heteroatoms. The molecule has 0 fully saturated rings. The molecular weight excluding hydrogens is 298 g/mol. The quantitative estimate of drug-likeness (QED) is 0.789. The fraction of sp³-hybridized carbons (Fsp3) is 0.278. The van der Waals surface area contributed by atoms with Crippen molar-refractivity contribution < 1.29 is 9.53 Å². The lowest BCUT2D eigenvalue weighted by Crippen LogP contribution is -2.28. The number of carbonyl (C=O) groups excluding carboxylic acids is 1. The third-order valence-electron chi connectivity index (χ3n) is 3.28. The molecule has 3 nitrogen and oxygen atoms in total. The second-order valence-corrected chi connectivity index (χ2v) is 5.52. The van der Waals surface area contributed by atoms with Crippen LogP contribution in [0.1, 0.15) is 17.5 Å². The molecule has 2 aromatic carbocycles. The van der Waals surface area contributed by atoms with Crippen molar-refractivity contribution in [2.75, 3.05) is 13.2 Å². The third kappa shape index (κ3) is 5.41. The van der Waals surface area contributed by atoms with Crippen LogP contribution < -0.4 is 10.1 Å². The van der Waals surface area contributed by atoms with E-state index >= 15 is 0 Å². The predicted octanol–water partition coefficient (Wildman–Crippen LogP) is 3.78. The van der Waals surface area contributed by atoms with Crippen LogP contribution in [0.2, 0.25) is 5.02 Å². The smallest absolute Gasteiger partial charge is 0.220 e. The van der Waals surface area contributed by atoms with Gasteiger partial charge in [0, 0.05) is 6.42 Å². The lowest BCUT2D eigenvalue weighted by molar-refractivity contribution is -0.121. The molecule has 0 aliphatic rings. The lowest BCUT2D eigenvalue weighted by atomic mass is 10.1. The van der Waals surface area contributed by atoms with Crippen LogP contribution in [-0.4, -0.2) is 19.1 Å². The molecule has 0 atom stereocenters. The number of rotatable bonds is 7. The first-order chi connectivity index (χ1) is 10.6. The number of nitrogens with one attached hydrogen (secondary N) is 1. The molecule has 0 heterocycles. The van der Waals surface area contributed by atoms with Crippen molar-refractivity contribution in [3.05, 3.63) is 64.7 Å². The molecule has 0 aliphatic carbocycles. The van der Waals surface area contributed by atoms with Crippen LogP contribution in [0.3, 0.4) is 0 Å². The summed E-state index contributed by atoms with van der Waals surface area (Å²) in [5, 5.41) is 3.42. The zero-order chi connectivity index (χ0) is 15.8. The highest BCUT2D eigenvalue weighted by atomic mass is 35.5. The van der Waals surface area contributed by atoms with Gasteiger partial charge in [0.25, 0.3) is 0 Å². The molecule has 2 rings (SSSR count). The maximum Gasteiger partial charge on any atom is 0.220 e. The number of amides is 1. The number of ether oxygens (including phenoxy) is 1. The molecule has 0 aliphatic heterocycles. The average molecular weight is 318 g/mol. The third-order valence-corrected chi connectivity index (χ3v) is 3.59. The van der Waals surface area contributed by atoms with E-state index in [1.165, 1.54) is 11.1 Å². The van der Waals surface area contributed by atoms with E-state index in [1.807, 2.05) is 18.2 Å². The molecule has 116 valence electrons. The van der Waals surface area contributed by atoms with Gasteiger partial charge in [-0.15, -0.1) is 0 Å². The maximum absolute atomic E-state index is 11.8. The first-order valence-electron chi connectivity index (χ1n) is 7.35. The molecule has 0 spiro atoms. The van der Waals surface area contributed by atoms with Crippen LogP contribution in [0, 0.1) is 6.92 Å². The van der Waals surface area contributed by atoms with Gasteiger partial charge in [0.2, 0.25) is 5.91 Å². The first-order valence-corrected chi connectivity index (χ1v) is 7.72. The van der Waals surface area contributed by atoms with Gasteiger partial charge in [0.15, 0.2) is 0 Å². The van der Waals surface area contributed by atoms with Crippen molar-refractivity contribution in [1.82, 2.24) is 5.32 Å². The number of aryl methyl sites for hydroxylation is 2. The van der Waals surface area contributed by atoms with Crippen molar-refractivity contribution in [3.63, 3.8) is 0 Å². The van der Waals surface area contributed by atoms with Crippen molar-refractivity contribution in [1.29, 1.82) is 0 Å². The largest absolute Gasteiger partial charge is 0.490 e. The summed E-state index contributed by atoms with van der Waals surface area (Å²) in [5.41, 5.74) is 2.40. The fourth-order valence-electron chi connectivity index (χ4n) is 2.01. The van der Waals surface area contributed by atoms with E-state index < -0.39 is 0 Å². The summed E-state index contributed by atoms with van der Waals surface area (Å²) in [6.45, 7) is 2.92. The monoisotopic (exact) mass is 317 g/mol. The van der Waals surface area contributed by atoms with Gasteiger partial charge in [-0.1, -0.05) is 53.6 Å². The van der Waals surface area contributed by atoms with E-state index in [1.54, 1.807) is 6.07 Å². The van der Waals surface area contributed by atoms with Crippen LogP contribution in [0.4, 0.5) is 0 Å². The molecule has 2 aromatic rings. The Hall–Kier alpha value is -2.00. The normalized spacial score (nSPS) is 10.3. The number of hydrogen-bond donors (Lipinski definition) is 1. The highest BCUT2D eigenvalue weighted by molar-refractivity contribution is 6.32. The fourth-order valence-corrected chi connectivity index (χ4v) is 2.20. The molecule has 1 N–H and O–H groups in total. The Kier molecular flexibility index (Phi) is 6.28. The highest BCUT2D eigenvalue weighted by Crippen LogP contribution is 2.22. The Bertz CT molecular complexity index is 611. The SMILES string of the molecule is Cc1ccc(CCC(=O)NCCOc2ccccc2Cl)cc1. The summed E-state index contributed by atoms with van der Waals surface area (Å²) >= 11 is 5.98. The summed E-state index contributed by atoms with van der Waals surface area (Å²) < 4.78 is 5.52. The van der Waals surface area contributed by atoms with E-state index in [9.17, 15) is 4.79 Å². The molecular formula is C18H20ClNO2. The first kappa shape index (κ1) is 16.4. The van der Waals surface area contributed by atoms with Gasteiger partial charge in [0.1, 0.15) is 12.4 Å². The number of para-hydroxylation sites is 1. The number of carbonyl (C=O) groups is 1. The van der Waals surface area contributed by atoms with Crippen LogP contribution in [-0.2, 0) is 11.2 Å². The second-order valence-electron chi connectivity index (χ2n) is 5.11. The minimum absolute atomic E-state index is 0.0309. The molecule has 22 heavy (non-hydrogen) atoms.